The van der Waals surface area contributed by atoms with Crippen molar-refractivity contribution in [3.63, 3.8) is 0 Å². The molecule has 0 saturated heterocycles. The normalized spacial score (nSPS) is 12.7. The molecule has 0 radical (unpaired) electrons. The number of hydrogen-bond donors (Lipinski definition) is 2. The molecule has 1 atom stereocenters. The number of aromatic nitrogens is 1. The van der Waals surface area contributed by atoms with Crippen LogP contribution < -0.4 is 5.32 Å². The van der Waals surface area contributed by atoms with Gasteiger partial charge in [-0.05, 0) is 18.4 Å². The summed E-state index contributed by atoms with van der Waals surface area (Å²) in [4.78, 5) is 4.08. The lowest BCUT2D eigenvalue weighted by Gasteiger charge is -2.09. The van der Waals surface area contributed by atoms with Crippen LogP contribution in [0.2, 0.25) is 0 Å². The van der Waals surface area contributed by atoms with Gasteiger partial charge in [0.1, 0.15) is 5.75 Å². The van der Waals surface area contributed by atoms with Crippen molar-refractivity contribution in [2.75, 3.05) is 12.8 Å². The topological polar surface area (TPSA) is 45.1 Å². The van der Waals surface area contributed by atoms with Gasteiger partial charge >= 0.3 is 0 Å². The highest BCUT2D eigenvalue weighted by atomic mass is 32.2. The Morgan fingerprint density at radius 2 is 2.36 bits per heavy atom. The first-order valence-corrected chi connectivity index (χ1v) is 5.88. The third kappa shape index (κ3) is 3.98. The van der Waals surface area contributed by atoms with E-state index in [-0.39, 0.29) is 5.75 Å². The van der Waals surface area contributed by atoms with E-state index in [1.54, 1.807) is 6.07 Å². The monoisotopic (exact) mass is 212 g/mol. The maximum absolute atomic E-state index is 9.02. The van der Waals surface area contributed by atoms with Crippen molar-refractivity contribution in [3.8, 4) is 5.75 Å². The van der Waals surface area contributed by atoms with Crippen LogP contribution in [0.1, 0.15) is 12.6 Å². The Labute approximate surface area is 88.9 Å². The van der Waals surface area contributed by atoms with E-state index in [0.29, 0.717) is 5.25 Å². The minimum atomic E-state index is 0.214. The van der Waals surface area contributed by atoms with Gasteiger partial charge in [0, 0.05) is 18.3 Å². The molecule has 1 aromatic heterocycles. The zero-order chi connectivity index (χ0) is 10.4. The average molecular weight is 212 g/mol. The van der Waals surface area contributed by atoms with Crippen molar-refractivity contribution in [1.29, 1.82) is 0 Å². The Bertz CT molecular complexity index is 263. The van der Waals surface area contributed by atoms with Gasteiger partial charge in [-0.1, -0.05) is 6.92 Å². The lowest BCUT2D eigenvalue weighted by molar-refractivity contribution is 0.471. The van der Waals surface area contributed by atoms with Crippen molar-refractivity contribution in [2.45, 2.75) is 18.7 Å². The largest absolute Gasteiger partial charge is 0.506 e. The van der Waals surface area contributed by atoms with Gasteiger partial charge in [0.15, 0.2) is 0 Å². The molecule has 0 spiro atoms. The summed E-state index contributed by atoms with van der Waals surface area (Å²) in [5, 5.41) is 12.9. The second kappa shape index (κ2) is 5.88. The molecule has 0 bridgehead atoms. The number of aromatic hydroxyl groups is 1. The molecule has 14 heavy (non-hydrogen) atoms. The van der Waals surface area contributed by atoms with Crippen molar-refractivity contribution >= 4 is 11.8 Å². The Kier molecular flexibility index (Phi) is 4.76. The number of hydrogen-bond acceptors (Lipinski definition) is 4. The van der Waals surface area contributed by atoms with Gasteiger partial charge in [-0.25, -0.2) is 0 Å². The number of rotatable bonds is 5. The Morgan fingerprint density at radius 3 is 2.93 bits per heavy atom. The first-order chi connectivity index (χ1) is 6.72. The van der Waals surface area contributed by atoms with E-state index in [9.17, 15) is 0 Å². The average Bonchev–Trinajstić information content (AvgIpc) is 2.21. The molecule has 4 heteroatoms. The smallest absolute Gasteiger partial charge is 0.133 e. The highest BCUT2D eigenvalue weighted by Crippen LogP contribution is 2.06. The Morgan fingerprint density at radius 1 is 1.57 bits per heavy atom. The zero-order valence-electron chi connectivity index (χ0n) is 8.53. The number of nitrogens with one attached hydrogen (secondary N) is 1. The zero-order valence-corrected chi connectivity index (χ0v) is 9.34. The van der Waals surface area contributed by atoms with Crippen LogP contribution in [0.3, 0.4) is 0 Å². The summed E-state index contributed by atoms with van der Waals surface area (Å²) in [6, 6.07) is 3.48. The molecule has 3 nitrogen and oxygen atoms in total. The minimum absolute atomic E-state index is 0.214. The molecule has 0 fully saturated rings. The summed E-state index contributed by atoms with van der Waals surface area (Å²) < 4.78 is 0. The highest BCUT2D eigenvalue weighted by molar-refractivity contribution is 7.99. The first kappa shape index (κ1) is 11.3. The molecule has 1 rings (SSSR count). The second-order valence-corrected chi connectivity index (χ2v) is 4.46. The Balaban J connectivity index is 2.28. The third-order valence-corrected chi connectivity index (χ3v) is 2.92. The number of pyridine rings is 1. The van der Waals surface area contributed by atoms with Crippen LogP contribution in [0.4, 0.5) is 0 Å². The quantitative estimate of drug-likeness (QED) is 0.778. The predicted octanol–water partition coefficient (Wildman–Crippen LogP) is 1.63. The molecule has 0 aromatic carbocycles. The predicted molar refractivity (Wildman–Crippen MR) is 60.6 cm³/mol. The SMILES string of the molecule is CSC(C)CNCc1ccc(O)cn1. The van der Waals surface area contributed by atoms with E-state index in [2.05, 4.69) is 23.5 Å². The summed E-state index contributed by atoms with van der Waals surface area (Å²) in [5.74, 6) is 0.214. The molecule has 1 unspecified atom stereocenters. The van der Waals surface area contributed by atoms with Crippen LogP contribution in [-0.4, -0.2) is 28.1 Å². The van der Waals surface area contributed by atoms with Crippen LogP contribution >= 0.6 is 11.8 Å². The van der Waals surface area contributed by atoms with Gasteiger partial charge in [0.25, 0.3) is 0 Å². The van der Waals surface area contributed by atoms with E-state index in [1.165, 1.54) is 6.20 Å². The molecule has 78 valence electrons. The van der Waals surface area contributed by atoms with Crippen molar-refractivity contribution in [3.05, 3.63) is 24.0 Å². The van der Waals surface area contributed by atoms with Crippen LogP contribution in [0.15, 0.2) is 18.3 Å². The van der Waals surface area contributed by atoms with E-state index in [0.717, 1.165) is 18.8 Å². The number of nitrogens with zero attached hydrogens (tertiary/aromatic N) is 1. The van der Waals surface area contributed by atoms with E-state index in [1.807, 2.05) is 17.8 Å². The summed E-state index contributed by atoms with van der Waals surface area (Å²) in [6.07, 6.45) is 3.57. The Hall–Kier alpha value is -0.740. The van der Waals surface area contributed by atoms with E-state index < -0.39 is 0 Å². The lowest BCUT2D eigenvalue weighted by Crippen LogP contribution is -2.22. The van der Waals surface area contributed by atoms with Crippen LogP contribution in [0.5, 0.6) is 5.75 Å². The van der Waals surface area contributed by atoms with Crippen molar-refractivity contribution < 1.29 is 5.11 Å². The molecule has 1 aromatic rings. The molecule has 0 aliphatic carbocycles. The van der Waals surface area contributed by atoms with Crippen LogP contribution in [0, 0.1) is 0 Å². The molecule has 0 amide bonds. The minimum Gasteiger partial charge on any atom is -0.506 e. The highest BCUT2D eigenvalue weighted by Gasteiger charge is 1.99. The van der Waals surface area contributed by atoms with Gasteiger partial charge in [-0.3, -0.25) is 4.98 Å². The first-order valence-electron chi connectivity index (χ1n) is 4.59. The van der Waals surface area contributed by atoms with Crippen LogP contribution in [-0.2, 0) is 6.54 Å². The van der Waals surface area contributed by atoms with Gasteiger partial charge in [-0.15, -0.1) is 0 Å². The van der Waals surface area contributed by atoms with E-state index in [4.69, 9.17) is 5.11 Å². The maximum Gasteiger partial charge on any atom is 0.133 e. The molecule has 2 N–H and O–H groups in total. The molecule has 0 aliphatic heterocycles. The molecule has 0 saturated carbocycles. The molecule has 0 aliphatic rings. The summed E-state index contributed by atoms with van der Waals surface area (Å²) in [7, 11) is 0. The fourth-order valence-corrected chi connectivity index (χ4v) is 1.29. The van der Waals surface area contributed by atoms with Crippen LogP contribution in [0.25, 0.3) is 0 Å². The van der Waals surface area contributed by atoms with E-state index >= 15 is 0 Å². The molecule has 1 heterocycles. The number of thioether (sulfide) groups is 1. The van der Waals surface area contributed by atoms with Crippen molar-refractivity contribution in [2.24, 2.45) is 0 Å². The van der Waals surface area contributed by atoms with Gasteiger partial charge < -0.3 is 10.4 Å². The maximum atomic E-state index is 9.02. The second-order valence-electron chi connectivity index (χ2n) is 3.18. The fourth-order valence-electron chi connectivity index (χ4n) is 1.01. The summed E-state index contributed by atoms with van der Waals surface area (Å²) in [5.41, 5.74) is 0.955. The molecular weight excluding hydrogens is 196 g/mol. The standard InChI is InChI=1S/C10H16N2OS/c1-8(14-2)5-11-6-9-3-4-10(13)7-12-9/h3-4,7-8,11,13H,5-6H2,1-2H3. The summed E-state index contributed by atoms with van der Waals surface area (Å²) in [6.45, 7) is 3.91. The molecular formula is C10H16N2OS. The third-order valence-electron chi connectivity index (χ3n) is 1.95. The summed E-state index contributed by atoms with van der Waals surface area (Å²) >= 11 is 1.84. The lowest BCUT2D eigenvalue weighted by atomic mass is 10.3. The fraction of sp³-hybridized carbons (Fsp3) is 0.500. The van der Waals surface area contributed by atoms with Gasteiger partial charge in [-0.2, -0.15) is 11.8 Å². The van der Waals surface area contributed by atoms with Gasteiger partial charge in [0.2, 0.25) is 0 Å². The van der Waals surface area contributed by atoms with Gasteiger partial charge in [0.05, 0.1) is 11.9 Å². The van der Waals surface area contributed by atoms with Crippen molar-refractivity contribution in [1.82, 2.24) is 10.3 Å².